The summed E-state index contributed by atoms with van der Waals surface area (Å²) in [5.74, 6) is 0. The molecule has 1 aliphatic heterocycles. The van der Waals surface area contributed by atoms with Gasteiger partial charge in [-0.1, -0.05) is 18.2 Å². The summed E-state index contributed by atoms with van der Waals surface area (Å²) in [6.45, 7) is 0. The van der Waals surface area contributed by atoms with Gasteiger partial charge in [0.25, 0.3) is 0 Å². The van der Waals surface area contributed by atoms with Crippen LogP contribution in [0.3, 0.4) is 0 Å². The summed E-state index contributed by atoms with van der Waals surface area (Å²) in [6.07, 6.45) is 3.98. The van der Waals surface area contributed by atoms with Crippen molar-refractivity contribution in [2.45, 2.75) is 6.17 Å². The van der Waals surface area contributed by atoms with Gasteiger partial charge in [0.05, 0.1) is 11.4 Å². The third-order valence-corrected chi connectivity index (χ3v) is 3.36. The lowest BCUT2D eigenvalue weighted by Crippen LogP contribution is -2.30. The lowest BCUT2D eigenvalue weighted by molar-refractivity contribution is 0.691. The first-order chi connectivity index (χ1) is 8.29. The molecule has 3 nitrogen and oxygen atoms in total. The van der Waals surface area contributed by atoms with Gasteiger partial charge in [-0.05, 0) is 18.2 Å². The minimum Gasteiger partial charge on any atom is -0.349 e. The second-order valence-corrected chi connectivity index (χ2v) is 4.37. The number of anilines is 2. The lowest BCUT2D eigenvalue weighted by atomic mass is 10.2. The van der Waals surface area contributed by atoms with Crippen LogP contribution in [0.5, 0.6) is 0 Å². The van der Waals surface area contributed by atoms with E-state index in [2.05, 4.69) is 59.2 Å². The first kappa shape index (κ1) is 10.1. The molecule has 3 heteroatoms. The molecule has 0 aliphatic carbocycles. The molecular weight excluding hydrogens is 210 g/mol. The molecule has 0 atom stereocenters. The molecule has 1 aliphatic rings. The largest absolute Gasteiger partial charge is 0.349 e. The first-order valence-corrected chi connectivity index (χ1v) is 5.73. The van der Waals surface area contributed by atoms with Crippen LogP contribution in [0.2, 0.25) is 0 Å². The molecule has 0 bridgehead atoms. The average molecular weight is 225 g/mol. The van der Waals surface area contributed by atoms with Crippen molar-refractivity contribution in [2.75, 3.05) is 23.9 Å². The molecule has 0 fully saturated rings. The Kier molecular flexibility index (Phi) is 2.25. The monoisotopic (exact) mass is 225 g/mol. The zero-order valence-corrected chi connectivity index (χ0v) is 10.0. The minimum absolute atomic E-state index is 0.237. The summed E-state index contributed by atoms with van der Waals surface area (Å²) in [5, 5.41) is 0. The number of fused-ring (bicyclic) bond motifs is 1. The molecular formula is C14H15N3. The molecule has 17 heavy (non-hydrogen) atoms. The SMILES string of the molecule is CN1c2ccccc2N(C)C1c1cccnc1. The molecule has 0 N–H and O–H groups in total. The number of nitrogens with zero attached hydrogens (tertiary/aromatic N) is 3. The predicted molar refractivity (Wildman–Crippen MR) is 70.2 cm³/mol. The van der Waals surface area contributed by atoms with Gasteiger partial charge in [0.1, 0.15) is 6.17 Å². The van der Waals surface area contributed by atoms with Crippen LogP contribution in [0.4, 0.5) is 11.4 Å². The zero-order valence-electron chi connectivity index (χ0n) is 10.0. The summed E-state index contributed by atoms with van der Waals surface area (Å²) < 4.78 is 0. The fraction of sp³-hybridized carbons (Fsp3) is 0.214. The molecule has 1 aromatic carbocycles. The van der Waals surface area contributed by atoms with Crippen molar-refractivity contribution in [3.05, 3.63) is 54.4 Å². The van der Waals surface area contributed by atoms with E-state index in [1.165, 1.54) is 16.9 Å². The highest BCUT2D eigenvalue weighted by Gasteiger charge is 2.31. The number of hydrogen-bond acceptors (Lipinski definition) is 3. The first-order valence-electron chi connectivity index (χ1n) is 5.73. The van der Waals surface area contributed by atoms with E-state index in [9.17, 15) is 0 Å². The van der Waals surface area contributed by atoms with Crippen LogP contribution < -0.4 is 9.80 Å². The molecule has 0 radical (unpaired) electrons. The van der Waals surface area contributed by atoms with Gasteiger partial charge in [-0.25, -0.2) is 0 Å². The summed E-state index contributed by atoms with van der Waals surface area (Å²) in [5.41, 5.74) is 3.75. The van der Waals surface area contributed by atoms with E-state index < -0.39 is 0 Å². The van der Waals surface area contributed by atoms with Crippen molar-refractivity contribution in [2.24, 2.45) is 0 Å². The van der Waals surface area contributed by atoms with Gasteiger partial charge >= 0.3 is 0 Å². The molecule has 2 heterocycles. The predicted octanol–water partition coefficient (Wildman–Crippen LogP) is 2.67. The van der Waals surface area contributed by atoms with Gasteiger partial charge in [-0.2, -0.15) is 0 Å². The van der Waals surface area contributed by atoms with Gasteiger partial charge in [0.2, 0.25) is 0 Å². The van der Waals surface area contributed by atoms with E-state index in [4.69, 9.17) is 0 Å². The molecule has 1 aromatic heterocycles. The zero-order chi connectivity index (χ0) is 11.8. The Hall–Kier alpha value is -2.03. The van der Waals surface area contributed by atoms with Gasteiger partial charge < -0.3 is 9.80 Å². The van der Waals surface area contributed by atoms with Crippen molar-refractivity contribution in [1.82, 2.24) is 4.98 Å². The van der Waals surface area contributed by atoms with Gasteiger partial charge in [-0.15, -0.1) is 0 Å². The van der Waals surface area contributed by atoms with Crippen LogP contribution >= 0.6 is 0 Å². The highest BCUT2D eigenvalue weighted by molar-refractivity contribution is 5.77. The highest BCUT2D eigenvalue weighted by Crippen LogP contribution is 2.43. The molecule has 0 spiro atoms. The van der Waals surface area contributed by atoms with Crippen molar-refractivity contribution >= 4 is 11.4 Å². The van der Waals surface area contributed by atoms with Crippen LogP contribution in [0, 0.1) is 0 Å². The maximum atomic E-state index is 4.21. The molecule has 2 aromatic rings. The molecule has 86 valence electrons. The van der Waals surface area contributed by atoms with Crippen LogP contribution in [-0.2, 0) is 0 Å². The molecule has 0 saturated heterocycles. The standard InChI is InChI=1S/C14H15N3/c1-16-12-7-3-4-8-13(12)17(2)14(16)11-6-5-9-15-10-11/h3-10,14H,1-2H3. The summed E-state index contributed by atoms with van der Waals surface area (Å²) in [4.78, 5) is 8.78. The summed E-state index contributed by atoms with van der Waals surface area (Å²) in [7, 11) is 4.25. The van der Waals surface area contributed by atoms with E-state index in [1.54, 1.807) is 0 Å². The van der Waals surface area contributed by atoms with Gasteiger partial charge in [0.15, 0.2) is 0 Å². The smallest absolute Gasteiger partial charge is 0.129 e. The van der Waals surface area contributed by atoms with Crippen molar-refractivity contribution < 1.29 is 0 Å². The molecule has 0 unspecified atom stereocenters. The van der Waals surface area contributed by atoms with Crippen molar-refractivity contribution in [1.29, 1.82) is 0 Å². The Balaban J connectivity index is 2.06. The van der Waals surface area contributed by atoms with E-state index in [0.29, 0.717) is 0 Å². The number of rotatable bonds is 1. The fourth-order valence-electron chi connectivity index (χ4n) is 2.56. The van der Waals surface area contributed by atoms with Crippen LogP contribution in [0.1, 0.15) is 11.7 Å². The average Bonchev–Trinajstić information content (AvgIpc) is 2.64. The Bertz CT molecular complexity index is 495. The third kappa shape index (κ3) is 1.46. The van der Waals surface area contributed by atoms with E-state index >= 15 is 0 Å². The van der Waals surface area contributed by atoms with Gasteiger partial charge in [0, 0.05) is 32.1 Å². The van der Waals surface area contributed by atoms with E-state index in [-0.39, 0.29) is 6.17 Å². The van der Waals surface area contributed by atoms with E-state index in [1.807, 2.05) is 18.5 Å². The van der Waals surface area contributed by atoms with Gasteiger partial charge in [-0.3, -0.25) is 4.98 Å². The second-order valence-electron chi connectivity index (χ2n) is 4.37. The van der Waals surface area contributed by atoms with Crippen LogP contribution in [-0.4, -0.2) is 19.1 Å². The normalized spacial score (nSPS) is 15.2. The molecule has 0 saturated carbocycles. The molecule has 3 rings (SSSR count). The lowest BCUT2D eigenvalue weighted by Gasteiger charge is -2.27. The fourth-order valence-corrected chi connectivity index (χ4v) is 2.56. The Morgan fingerprint density at radius 2 is 1.59 bits per heavy atom. The van der Waals surface area contributed by atoms with Crippen LogP contribution in [0.15, 0.2) is 48.8 Å². The minimum atomic E-state index is 0.237. The quantitative estimate of drug-likeness (QED) is 0.743. The van der Waals surface area contributed by atoms with E-state index in [0.717, 1.165) is 0 Å². The van der Waals surface area contributed by atoms with Crippen LogP contribution in [0.25, 0.3) is 0 Å². The van der Waals surface area contributed by atoms with Crippen molar-refractivity contribution in [3.8, 4) is 0 Å². The topological polar surface area (TPSA) is 19.4 Å². The number of benzene rings is 1. The highest BCUT2D eigenvalue weighted by atomic mass is 15.4. The number of para-hydroxylation sites is 2. The number of aromatic nitrogens is 1. The summed E-state index contributed by atoms with van der Waals surface area (Å²) in [6, 6.07) is 12.6. The maximum Gasteiger partial charge on any atom is 0.129 e. The van der Waals surface area contributed by atoms with Crippen molar-refractivity contribution in [3.63, 3.8) is 0 Å². The second kappa shape index (κ2) is 3.77. The Morgan fingerprint density at radius 1 is 0.941 bits per heavy atom. The number of pyridine rings is 1. The maximum absolute atomic E-state index is 4.21. The third-order valence-electron chi connectivity index (χ3n) is 3.36. The number of hydrogen-bond donors (Lipinski definition) is 0. The molecule has 0 amide bonds. The Labute approximate surface area is 101 Å². The summed E-state index contributed by atoms with van der Waals surface area (Å²) >= 11 is 0. The Morgan fingerprint density at radius 3 is 2.12 bits per heavy atom.